The smallest absolute Gasteiger partial charge is 0.0473 e. The lowest BCUT2D eigenvalue weighted by Crippen LogP contribution is -2.40. The Labute approximate surface area is 105 Å². The number of benzene rings is 1. The van der Waals surface area contributed by atoms with E-state index >= 15 is 0 Å². The number of aryl methyl sites for hydroxylation is 1. The van der Waals surface area contributed by atoms with Crippen molar-refractivity contribution in [3.63, 3.8) is 0 Å². The molecule has 0 aromatic heterocycles. The molecule has 1 aromatic rings. The van der Waals surface area contributed by atoms with Crippen LogP contribution < -0.4 is 5.73 Å². The van der Waals surface area contributed by atoms with Crippen molar-refractivity contribution in [1.82, 2.24) is 4.90 Å². The first-order valence-corrected chi connectivity index (χ1v) is 6.72. The van der Waals surface area contributed by atoms with E-state index in [-0.39, 0.29) is 0 Å². The Morgan fingerprint density at radius 2 is 2.18 bits per heavy atom. The second-order valence-corrected chi connectivity index (χ2v) is 5.35. The Kier molecular flexibility index (Phi) is 4.19. The molecule has 1 heterocycles. The summed E-state index contributed by atoms with van der Waals surface area (Å²) < 4.78 is 0. The Balaban J connectivity index is 2.18. The fourth-order valence-electron chi connectivity index (χ4n) is 2.94. The summed E-state index contributed by atoms with van der Waals surface area (Å²) in [6.07, 6.45) is 2.67. The average molecular weight is 232 g/mol. The van der Waals surface area contributed by atoms with E-state index < -0.39 is 0 Å². The van der Waals surface area contributed by atoms with E-state index in [1.807, 2.05) is 0 Å². The van der Waals surface area contributed by atoms with E-state index in [1.165, 1.54) is 37.1 Å². The van der Waals surface area contributed by atoms with Gasteiger partial charge in [-0.05, 0) is 43.4 Å². The number of nitrogens with zero attached hydrogens (tertiary/aromatic N) is 1. The maximum absolute atomic E-state index is 6.01. The van der Waals surface area contributed by atoms with Gasteiger partial charge < -0.3 is 5.73 Å². The molecule has 2 heteroatoms. The van der Waals surface area contributed by atoms with Crippen LogP contribution in [0.4, 0.5) is 0 Å². The number of rotatable bonds is 3. The van der Waals surface area contributed by atoms with Gasteiger partial charge in [0.05, 0.1) is 0 Å². The van der Waals surface area contributed by atoms with Crippen LogP contribution in [0.5, 0.6) is 0 Å². The van der Waals surface area contributed by atoms with Crippen LogP contribution in [0.25, 0.3) is 0 Å². The third-order valence-corrected chi connectivity index (χ3v) is 3.90. The first-order valence-electron chi connectivity index (χ1n) is 6.72. The van der Waals surface area contributed by atoms with Crippen molar-refractivity contribution in [2.24, 2.45) is 11.7 Å². The first kappa shape index (κ1) is 12.6. The van der Waals surface area contributed by atoms with E-state index in [4.69, 9.17) is 5.73 Å². The van der Waals surface area contributed by atoms with Crippen molar-refractivity contribution in [2.75, 3.05) is 19.6 Å². The molecule has 2 atom stereocenters. The molecular formula is C15H24N2. The van der Waals surface area contributed by atoms with Crippen LogP contribution in [0.1, 0.15) is 36.9 Å². The van der Waals surface area contributed by atoms with Gasteiger partial charge in [-0.15, -0.1) is 0 Å². The third kappa shape index (κ3) is 2.88. The molecule has 0 unspecified atom stereocenters. The molecule has 0 saturated carbocycles. The minimum absolute atomic E-state index is 0.402. The van der Waals surface area contributed by atoms with Gasteiger partial charge in [0.1, 0.15) is 0 Å². The second-order valence-electron chi connectivity index (χ2n) is 5.35. The number of nitrogens with two attached hydrogens (primary N) is 1. The predicted octanol–water partition coefficient (Wildman–Crippen LogP) is 2.73. The molecule has 0 radical (unpaired) electrons. The summed E-state index contributed by atoms with van der Waals surface area (Å²) in [6.45, 7) is 7.64. The third-order valence-electron chi connectivity index (χ3n) is 3.90. The molecule has 0 spiro atoms. The van der Waals surface area contributed by atoms with E-state index in [9.17, 15) is 0 Å². The maximum atomic E-state index is 6.01. The maximum Gasteiger partial charge on any atom is 0.0473 e. The Morgan fingerprint density at radius 3 is 2.82 bits per heavy atom. The summed E-state index contributed by atoms with van der Waals surface area (Å²) in [5.41, 5.74) is 8.78. The molecular weight excluding hydrogens is 208 g/mol. The Bertz CT molecular complexity index is 362. The second kappa shape index (κ2) is 5.65. The molecule has 1 aliphatic heterocycles. The normalized spacial score (nSPS) is 23.6. The minimum atomic E-state index is 0.402. The molecule has 2 nitrogen and oxygen atoms in total. The van der Waals surface area contributed by atoms with Gasteiger partial charge in [-0.3, -0.25) is 4.90 Å². The van der Waals surface area contributed by atoms with Gasteiger partial charge in [0.25, 0.3) is 0 Å². The summed E-state index contributed by atoms with van der Waals surface area (Å²) in [7, 11) is 0. The number of piperidine rings is 1. The first-order chi connectivity index (χ1) is 8.22. The van der Waals surface area contributed by atoms with Gasteiger partial charge in [-0.2, -0.15) is 0 Å². The topological polar surface area (TPSA) is 29.3 Å². The molecule has 2 rings (SSSR count). The molecule has 2 N–H and O–H groups in total. The van der Waals surface area contributed by atoms with Gasteiger partial charge >= 0.3 is 0 Å². The number of hydrogen-bond donors (Lipinski definition) is 1. The molecule has 0 aliphatic carbocycles. The standard InChI is InChI=1S/C15H24N2/c1-12-6-5-9-17(11-12)15(10-16)14-8-4-3-7-13(14)2/h3-4,7-8,12,15H,5-6,9-11,16H2,1-2H3/t12-,15-/m1/s1. The van der Waals surface area contributed by atoms with Gasteiger partial charge in [0, 0.05) is 19.1 Å². The van der Waals surface area contributed by atoms with Gasteiger partial charge in [0.15, 0.2) is 0 Å². The quantitative estimate of drug-likeness (QED) is 0.868. The van der Waals surface area contributed by atoms with Crippen LogP contribution in [0.3, 0.4) is 0 Å². The highest BCUT2D eigenvalue weighted by molar-refractivity contribution is 5.29. The van der Waals surface area contributed by atoms with Crippen molar-refractivity contribution in [2.45, 2.75) is 32.7 Å². The van der Waals surface area contributed by atoms with Crippen LogP contribution in [0, 0.1) is 12.8 Å². The van der Waals surface area contributed by atoms with Crippen molar-refractivity contribution >= 4 is 0 Å². The monoisotopic (exact) mass is 232 g/mol. The van der Waals surface area contributed by atoms with Crippen molar-refractivity contribution in [1.29, 1.82) is 0 Å². The number of likely N-dealkylation sites (tertiary alicyclic amines) is 1. The molecule has 1 aromatic carbocycles. The molecule has 1 fully saturated rings. The molecule has 1 saturated heterocycles. The van der Waals surface area contributed by atoms with Crippen molar-refractivity contribution < 1.29 is 0 Å². The zero-order valence-corrected chi connectivity index (χ0v) is 11.0. The fourth-order valence-corrected chi connectivity index (χ4v) is 2.94. The zero-order chi connectivity index (χ0) is 12.3. The summed E-state index contributed by atoms with van der Waals surface area (Å²) in [5.74, 6) is 0.807. The van der Waals surface area contributed by atoms with Crippen molar-refractivity contribution in [3.8, 4) is 0 Å². The van der Waals surface area contributed by atoms with Crippen molar-refractivity contribution in [3.05, 3.63) is 35.4 Å². The lowest BCUT2D eigenvalue weighted by atomic mass is 9.94. The Hall–Kier alpha value is -0.860. The molecule has 1 aliphatic rings. The highest BCUT2D eigenvalue weighted by Crippen LogP contribution is 2.27. The molecule has 17 heavy (non-hydrogen) atoms. The van der Waals surface area contributed by atoms with Gasteiger partial charge in [-0.25, -0.2) is 0 Å². The van der Waals surface area contributed by atoms with Crippen LogP contribution in [-0.2, 0) is 0 Å². The molecule has 0 bridgehead atoms. The zero-order valence-electron chi connectivity index (χ0n) is 11.0. The SMILES string of the molecule is Cc1ccccc1[C@@H](CN)N1CCC[C@@H](C)C1. The minimum Gasteiger partial charge on any atom is -0.329 e. The van der Waals surface area contributed by atoms with Crippen LogP contribution >= 0.6 is 0 Å². The molecule has 0 amide bonds. The van der Waals surface area contributed by atoms with E-state index in [2.05, 4.69) is 43.0 Å². The van der Waals surface area contributed by atoms with Crippen LogP contribution in [0.15, 0.2) is 24.3 Å². The fraction of sp³-hybridized carbons (Fsp3) is 0.600. The molecule has 94 valence electrons. The van der Waals surface area contributed by atoms with E-state index in [0.717, 1.165) is 12.5 Å². The van der Waals surface area contributed by atoms with E-state index in [0.29, 0.717) is 6.04 Å². The average Bonchev–Trinajstić information content (AvgIpc) is 2.33. The summed E-state index contributed by atoms with van der Waals surface area (Å²) in [6, 6.07) is 9.04. The number of hydrogen-bond acceptors (Lipinski definition) is 2. The van der Waals surface area contributed by atoms with Gasteiger partial charge in [-0.1, -0.05) is 31.2 Å². The largest absolute Gasteiger partial charge is 0.329 e. The summed E-state index contributed by atoms with van der Waals surface area (Å²) in [4.78, 5) is 2.57. The van der Waals surface area contributed by atoms with Crippen LogP contribution in [-0.4, -0.2) is 24.5 Å². The summed E-state index contributed by atoms with van der Waals surface area (Å²) >= 11 is 0. The summed E-state index contributed by atoms with van der Waals surface area (Å²) in [5, 5.41) is 0. The van der Waals surface area contributed by atoms with E-state index in [1.54, 1.807) is 0 Å². The predicted molar refractivity (Wildman–Crippen MR) is 72.9 cm³/mol. The lowest BCUT2D eigenvalue weighted by molar-refractivity contribution is 0.133. The lowest BCUT2D eigenvalue weighted by Gasteiger charge is -2.37. The highest BCUT2D eigenvalue weighted by Gasteiger charge is 2.24. The van der Waals surface area contributed by atoms with Gasteiger partial charge in [0.2, 0.25) is 0 Å². The van der Waals surface area contributed by atoms with Crippen LogP contribution in [0.2, 0.25) is 0 Å². The Morgan fingerprint density at radius 1 is 1.41 bits per heavy atom. The highest BCUT2D eigenvalue weighted by atomic mass is 15.2.